The predicted octanol–water partition coefficient (Wildman–Crippen LogP) is 12.9. The summed E-state index contributed by atoms with van der Waals surface area (Å²) in [7, 11) is 0. The van der Waals surface area contributed by atoms with Crippen molar-refractivity contribution in [2.24, 2.45) is 0 Å². The molecule has 4 nitrogen and oxygen atoms in total. The van der Waals surface area contributed by atoms with Gasteiger partial charge in [0.25, 0.3) is 0 Å². The van der Waals surface area contributed by atoms with Gasteiger partial charge in [-0.25, -0.2) is 0 Å². The van der Waals surface area contributed by atoms with Crippen LogP contribution < -0.4 is 4.90 Å². The molecule has 0 aliphatic rings. The highest BCUT2D eigenvalue weighted by molar-refractivity contribution is 6.17. The first-order valence-electron chi connectivity index (χ1n) is 17.8. The SMILES string of the molecule is N#Cc1cccc(-c2cccc(-n3c4ccccc4c4ccccc43)c2)c1N(c1ccccc1)c1cccc2c1c1ccccc1n2-c1ccccc1. The van der Waals surface area contributed by atoms with E-state index in [1.807, 2.05) is 18.2 Å². The van der Waals surface area contributed by atoms with E-state index in [-0.39, 0.29) is 0 Å². The Labute approximate surface area is 307 Å². The minimum Gasteiger partial charge on any atom is -0.309 e. The third-order valence-electron chi connectivity index (χ3n) is 10.3. The Balaban J connectivity index is 1.25. The van der Waals surface area contributed by atoms with Crippen molar-refractivity contribution in [3.8, 4) is 28.6 Å². The largest absolute Gasteiger partial charge is 0.309 e. The maximum Gasteiger partial charge on any atom is 0.101 e. The van der Waals surface area contributed by atoms with Crippen LogP contribution in [0.4, 0.5) is 17.1 Å². The van der Waals surface area contributed by atoms with Gasteiger partial charge in [-0.15, -0.1) is 0 Å². The summed E-state index contributed by atoms with van der Waals surface area (Å²) in [4.78, 5) is 2.28. The highest BCUT2D eigenvalue weighted by Crippen LogP contribution is 2.48. The number of anilines is 3. The van der Waals surface area contributed by atoms with Gasteiger partial charge in [-0.05, 0) is 78.4 Å². The van der Waals surface area contributed by atoms with Crippen LogP contribution in [0, 0.1) is 11.3 Å². The summed E-state index contributed by atoms with van der Waals surface area (Å²) < 4.78 is 4.68. The molecule has 0 saturated heterocycles. The second-order valence-electron chi connectivity index (χ2n) is 13.3. The summed E-state index contributed by atoms with van der Waals surface area (Å²) in [5.41, 5.74) is 12.1. The van der Waals surface area contributed by atoms with Crippen LogP contribution in [0.15, 0.2) is 194 Å². The summed E-state index contributed by atoms with van der Waals surface area (Å²) in [5, 5.41) is 15.5. The lowest BCUT2D eigenvalue weighted by Crippen LogP contribution is -2.13. The third kappa shape index (κ3) is 4.83. The average Bonchev–Trinajstić information content (AvgIpc) is 3.75. The molecule has 53 heavy (non-hydrogen) atoms. The van der Waals surface area contributed by atoms with Crippen molar-refractivity contribution in [2.45, 2.75) is 0 Å². The maximum absolute atomic E-state index is 10.8. The smallest absolute Gasteiger partial charge is 0.101 e. The molecule has 0 amide bonds. The Morgan fingerprint density at radius 3 is 1.66 bits per heavy atom. The second kappa shape index (κ2) is 12.5. The zero-order valence-corrected chi connectivity index (χ0v) is 28.8. The molecule has 0 atom stereocenters. The summed E-state index contributed by atoms with van der Waals surface area (Å²) >= 11 is 0. The normalized spacial score (nSPS) is 11.4. The van der Waals surface area contributed by atoms with Crippen molar-refractivity contribution in [1.82, 2.24) is 9.13 Å². The van der Waals surface area contributed by atoms with Crippen LogP contribution in [0.25, 0.3) is 66.1 Å². The highest BCUT2D eigenvalue weighted by Gasteiger charge is 2.25. The maximum atomic E-state index is 10.8. The number of hydrogen-bond acceptors (Lipinski definition) is 2. The van der Waals surface area contributed by atoms with E-state index in [0.29, 0.717) is 5.56 Å². The lowest BCUT2D eigenvalue weighted by Gasteiger charge is -2.29. The Hall–Kier alpha value is -7.35. The van der Waals surface area contributed by atoms with Gasteiger partial charge in [0.15, 0.2) is 0 Å². The predicted molar refractivity (Wildman–Crippen MR) is 220 cm³/mol. The first-order chi connectivity index (χ1) is 26.3. The average molecular weight is 677 g/mol. The fraction of sp³-hybridized carbons (Fsp3) is 0. The van der Waals surface area contributed by atoms with E-state index < -0.39 is 0 Å². The van der Waals surface area contributed by atoms with Gasteiger partial charge in [-0.2, -0.15) is 5.26 Å². The summed E-state index contributed by atoms with van der Waals surface area (Å²) in [6.07, 6.45) is 0. The van der Waals surface area contributed by atoms with Gasteiger partial charge < -0.3 is 14.0 Å². The Kier molecular flexibility index (Phi) is 7.16. The van der Waals surface area contributed by atoms with Crippen LogP contribution >= 0.6 is 0 Å². The molecule has 10 aromatic rings. The Morgan fingerprint density at radius 2 is 0.962 bits per heavy atom. The van der Waals surface area contributed by atoms with Gasteiger partial charge in [0.05, 0.1) is 39.0 Å². The van der Waals surface area contributed by atoms with Crippen molar-refractivity contribution in [2.75, 3.05) is 4.90 Å². The van der Waals surface area contributed by atoms with Crippen LogP contribution in [0.2, 0.25) is 0 Å². The van der Waals surface area contributed by atoms with Crippen LogP contribution in [0.3, 0.4) is 0 Å². The quantitative estimate of drug-likeness (QED) is 0.176. The molecule has 4 heteroatoms. The van der Waals surface area contributed by atoms with Gasteiger partial charge in [-0.3, -0.25) is 0 Å². The monoisotopic (exact) mass is 676 g/mol. The molecule has 2 aromatic heterocycles. The highest BCUT2D eigenvalue weighted by atomic mass is 15.2. The van der Waals surface area contributed by atoms with Crippen molar-refractivity contribution in [3.63, 3.8) is 0 Å². The molecule has 248 valence electrons. The number of para-hydroxylation sites is 6. The Bertz CT molecular complexity index is 2970. The lowest BCUT2D eigenvalue weighted by atomic mass is 9.97. The van der Waals surface area contributed by atoms with Crippen LogP contribution in [-0.4, -0.2) is 9.13 Å². The second-order valence-corrected chi connectivity index (χ2v) is 13.3. The molecule has 10 rings (SSSR count). The summed E-state index contributed by atoms with van der Waals surface area (Å²) in [6.45, 7) is 0. The minimum absolute atomic E-state index is 0.595. The molecule has 0 aliphatic heterocycles. The number of rotatable bonds is 6. The standard InChI is InChI=1S/C49H32N4/c50-33-35-17-14-26-39(34-16-13-22-38(32-34)52-43-27-10-7-23-40(43)41-24-8-11-28-44(41)52)49(35)53(37-20-5-2-6-21-37)47-31-15-30-46-48(47)42-25-9-12-29-45(42)51(46)36-18-3-1-4-19-36/h1-32H. The van der Waals surface area contributed by atoms with E-state index in [4.69, 9.17) is 0 Å². The van der Waals surface area contributed by atoms with Gasteiger partial charge in [-0.1, -0.05) is 121 Å². The van der Waals surface area contributed by atoms with Crippen molar-refractivity contribution in [1.29, 1.82) is 5.26 Å². The van der Waals surface area contributed by atoms with E-state index >= 15 is 0 Å². The van der Waals surface area contributed by atoms with E-state index in [0.717, 1.165) is 72.4 Å². The molecular weight excluding hydrogens is 645 g/mol. The van der Waals surface area contributed by atoms with Gasteiger partial charge in [0.1, 0.15) is 6.07 Å². The van der Waals surface area contributed by atoms with Gasteiger partial charge >= 0.3 is 0 Å². The van der Waals surface area contributed by atoms with Crippen LogP contribution in [0.5, 0.6) is 0 Å². The van der Waals surface area contributed by atoms with Gasteiger partial charge in [0.2, 0.25) is 0 Å². The topological polar surface area (TPSA) is 36.9 Å². The van der Waals surface area contributed by atoms with Crippen LogP contribution in [-0.2, 0) is 0 Å². The molecule has 0 aliphatic carbocycles. The first-order valence-corrected chi connectivity index (χ1v) is 17.8. The molecule has 0 spiro atoms. The molecule has 0 unspecified atom stereocenters. The number of aromatic nitrogens is 2. The van der Waals surface area contributed by atoms with E-state index in [2.05, 4.69) is 196 Å². The zero-order valence-electron chi connectivity index (χ0n) is 28.8. The van der Waals surface area contributed by atoms with Crippen LogP contribution in [0.1, 0.15) is 5.56 Å². The fourth-order valence-electron chi connectivity index (χ4n) is 8.13. The molecule has 0 N–H and O–H groups in total. The summed E-state index contributed by atoms with van der Waals surface area (Å²) in [6, 6.07) is 70.6. The first kappa shape index (κ1) is 30.5. The zero-order chi connectivity index (χ0) is 35.3. The number of benzene rings is 8. The molecule has 8 aromatic carbocycles. The Morgan fingerprint density at radius 1 is 0.434 bits per heavy atom. The molecule has 0 fully saturated rings. The van der Waals surface area contributed by atoms with Gasteiger partial charge in [0, 0.05) is 44.2 Å². The van der Waals surface area contributed by atoms with E-state index in [1.54, 1.807) is 0 Å². The summed E-state index contributed by atoms with van der Waals surface area (Å²) in [5.74, 6) is 0. The van der Waals surface area contributed by atoms with Crippen molar-refractivity contribution < 1.29 is 0 Å². The minimum atomic E-state index is 0.595. The lowest BCUT2D eigenvalue weighted by molar-refractivity contribution is 1.18. The number of nitriles is 1. The number of fused-ring (bicyclic) bond motifs is 6. The number of hydrogen-bond donors (Lipinski definition) is 0. The van der Waals surface area contributed by atoms with Crippen molar-refractivity contribution >= 4 is 60.7 Å². The fourth-order valence-corrected chi connectivity index (χ4v) is 8.13. The molecule has 0 radical (unpaired) electrons. The molecule has 2 heterocycles. The molecule has 0 bridgehead atoms. The van der Waals surface area contributed by atoms with Crippen molar-refractivity contribution in [3.05, 3.63) is 200 Å². The number of nitrogens with zero attached hydrogens (tertiary/aromatic N) is 4. The third-order valence-corrected chi connectivity index (χ3v) is 10.3. The van der Waals surface area contributed by atoms with E-state index in [1.165, 1.54) is 10.8 Å². The van der Waals surface area contributed by atoms with E-state index in [9.17, 15) is 5.26 Å². The molecule has 0 saturated carbocycles. The molecular formula is C49H32N4.